The number of hydrogen-bond donors (Lipinski definition) is 2. The number of aromatic hydroxyl groups is 1. The maximum Gasteiger partial charge on any atom is 0.139 e. The van der Waals surface area contributed by atoms with Crippen molar-refractivity contribution in [2.45, 2.75) is 6.92 Å². The van der Waals surface area contributed by atoms with Crippen LogP contribution in [0.3, 0.4) is 0 Å². The first-order valence-electron chi connectivity index (χ1n) is 3.71. The van der Waals surface area contributed by atoms with Crippen LogP contribution in [0.15, 0.2) is 18.2 Å². The lowest BCUT2D eigenvalue weighted by atomic mass is 10.2. The minimum absolute atomic E-state index is 0.242. The van der Waals surface area contributed by atoms with E-state index in [0.717, 1.165) is 17.5 Å². The van der Waals surface area contributed by atoms with Crippen LogP contribution in [-0.4, -0.2) is 17.9 Å². The van der Waals surface area contributed by atoms with Gasteiger partial charge < -0.3 is 15.2 Å². The molecule has 0 aromatic heterocycles. The predicted molar refractivity (Wildman–Crippen MR) is 47.4 cm³/mol. The first-order valence-corrected chi connectivity index (χ1v) is 3.71. The molecule has 12 heavy (non-hydrogen) atoms. The molecule has 0 aliphatic rings. The number of aryl methyl sites for hydroxylation is 1. The van der Waals surface area contributed by atoms with Gasteiger partial charge in [0.1, 0.15) is 12.0 Å². The molecule has 1 rings (SSSR count). The van der Waals surface area contributed by atoms with Crippen molar-refractivity contribution in [2.75, 3.05) is 11.9 Å². The molecule has 1 aromatic rings. The lowest BCUT2D eigenvalue weighted by Crippen LogP contribution is -2.01. The van der Waals surface area contributed by atoms with Crippen LogP contribution in [0.25, 0.3) is 0 Å². The van der Waals surface area contributed by atoms with Gasteiger partial charge in [-0.2, -0.15) is 0 Å². The van der Waals surface area contributed by atoms with E-state index >= 15 is 0 Å². The van der Waals surface area contributed by atoms with Crippen molar-refractivity contribution in [3.63, 3.8) is 0 Å². The van der Waals surface area contributed by atoms with Gasteiger partial charge in [-0.25, -0.2) is 0 Å². The average Bonchev–Trinajstić information content (AvgIpc) is 2.07. The monoisotopic (exact) mass is 165 g/mol. The van der Waals surface area contributed by atoms with Gasteiger partial charge in [0.15, 0.2) is 0 Å². The highest BCUT2D eigenvalue weighted by Crippen LogP contribution is 2.20. The summed E-state index contributed by atoms with van der Waals surface area (Å²) in [7, 11) is 0. The number of anilines is 1. The third-order valence-electron chi connectivity index (χ3n) is 1.60. The number of carbonyl (C=O) groups excluding carboxylic acids is 1. The molecule has 0 spiro atoms. The molecule has 0 aliphatic carbocycles. The molecule has 1 aromatic carbocycles. The Kier molecular flexibility index (Phi) is 2.69. The van der Waals surface area contributed by atoms with E-state index in [1.165, 1.54) is 0 Å². The Morgan fingerprint density at radius 3 is 2.92 bits per heavy atom. The van der Waals surface area contributed by atoms with E-state index < -0.39 is 0 Å². The molecule has 0 atom stereocenters. The molecule has 0 amide bonds. The summed E-state index contributed by atoms with van der Waals surface area (Å²) in [4.78, 5) is 10.0. The smallest absolute Gasteiger partial charge is 0.139 e. The SMILES string of the molecule is Cc1ccc(NCC=O)cc1O. The van der Waals surface area contributed by atoms with Crippen LogP contribution in [0.2, 0.25) is 0 Å². The fourth-order valence-electron chi connectivity index (χ4n) is 0.879. The number of benzene rings is 1. The van der Waals surface area contributed by atoms with Crippen LogP contribution in [0.5, 0.6) is 5.75 Å². The molecule has 0 bridgehead atoms. The first kappa shape index (κ1) is 8.59. The fraction of sp³-hybridized carbons (Fsp3) is 0.222. The minimum atomic E-state index is 0.242. The van der Waals surface area contributed by atoms with Crippen molar-refractivity contribution in [3.8, 4) is 5.75 Å². The Morgan fingerprint density at radius 1 is 1.58 bits per heavy atom. The summed E-state index contributed by atoms with van der Waals surface area (Å²) < 4.78 is 0. The van der Waals surface area contributed by atoms with Crippen LogP contribution in [0.1, 0.15) is 5.56 Å². The lowest BCUT2D eigenvalue weighted by Gasteiger charge is -2.03. The van der Waals surface area contributed by atoms with E-state index in [1.54, 1.807) is 12.1 Å². The summed E-state index contributed by atoms with van der Waals surface area (Å²) in [5.74, 6) is 0.242. The summed E-state index contributed by atoms with van der Waals surface area (Å²) in [6, 6.07) is 5.21. The molecule has 0 aliphatic heterocycles. The van der Waals surface area contributed by atoms with E-state index in [4.69, 9.17) is 0 Å². The molecule has 3 heteroatoms. The largest absolute Gasteiger partial charge is 0.508 e. The highest BCUT2D eigenvalue weighted by Gasteiger charge is 1.96. The Labute approximate surface area is 71.0 Å². The Hall–Kier alpha value is -1.51. The van der Waals surface area contributed by atoms with E-state index in [9.17, 15) is 9.90 Å². The fourth-order valence-corrected chi connectivity index (χ4v) is 0.879. The van der Waals surface area contributed by atoms with Crippen LogP contribution in [0, 0.1) is 6.92 Å². The van der Waals surface area contributed by atoms with Crippen molar-refractivity contribution >= 4 is 12.0 Å². The maximum atomic E-state index is 10.0. The second-order valence-electron chi connectivity index (χ2n) is 2.55. The molecular weight excluding hydrogens is 154 g/mol. The molecule has 2 N–H and O–H groups in total. The van der Waals surface area contributed by atoms with Crippen molar-refractivity contribution in [3.05, 3.63) is 23.8 Å². The third-order valence-corrected chi connectivity index (χ3v) is 1.60. The lowest BCUT2D eigenvalue weighted by molar-refractivity contribution is -0.106. The molecule has 64 valence electrons. The quantitative estimate of drug-likeness (QED) is 0.664. The molecule has 0 fully saturated rings. The first-order chi connectivity index (χ1) is 5.74. The van der Waals surface area contributed by atoms with Gasteiger partial charge in [0, 0.05) is 11.8 Å². The zero-order valence-corrected chi connectivity index (χ0v) is 6.87. The summed E-state index contributed by atoms with van der Waals surface area (Å²) in [6.07, 6.45) is 0.775. The van der Waals surface area contributed by atoms with E-state index in [1.807, 2.05) is 13.0 Å². The van der Waals surface area contributed by atoms with Crippen LogP contribution >= 0.6 is 0 Å². The van der Waals surface area contributed by atoms with E-state index in [2.05, 4.69) is 5.32 Å². The average molecular weight is 165 g/mol. The molecule has 0 heterocycles. The van der Waals surface area contributed by atoms with Gasteiger partial charge in [0.05, 0.1) is 6.54 Å². The van der Waals surface area contributed by atoms with Gasteiger partial charge in [-0.3, -0.25) is 0 Å². The molecule has 0 radical (unpaired) electrons. The summed E-state index contributed by atoms with van der Waals surface area (Å²) in [6.45, 7) is 2.08. The molecular formula is C9H11NO2. The number of carbonyl (C=O) groups is 1. The topological polar surface area (TPSA) is 49.3 Å². The van der Waals surface area contributed by atoms with Crippen molar-refractivity contribution in [2.24, 2.45) is 0 Å². The van der Waals surface area contributed by atoms with Gasteiger partial charge in [0.2, 0.25) is 0 Å². The second kappa shape index (κ2) is 3.76. The number of phenolic OH excluding ortho intramolecular Hbond substituents is 1. The van der Waals surface area contributed by atoms with Gasteiger partial charge >= 0.3 is 0 Å². The molecule has 0 unspecified atom stereocenters. The van der Waals surface area contributed by atoms with E-state index in [-0.39, 0.29) is 12.3 Å². The van der Waals surface area contributed by atoms with Crippen LogP contribution in [0.4, 0.5) is 5.69 Å². The van der Waals surface area contributed by atoms with Gasteiger partial charge in [-0.05, 0) is 18.6 Å². The van der Waals surface area contributed by atoms with Crippen molar-refractivity contribution in [1.29, 1.82) is 0 Å². The van der Waals surface area contributed by atoms with Gasteiger partial charge in [-0.1, -0.05) is 6.07 Å². The number of hydrogen-bond acceptors (Lipinski definition) is 3. The Bertz CT molecular complexity index is 284. The highest BCUT2D eigenvalue weighted by molar-refractivity contribution is 5.60. The second-order valence-corrected chi connectivity index (χ2v) is 2.55. The molecule has 0 saturated carbocycles. The summed E-state index contributed by atoms with van der Waals surface area (Å²) in [5.41, 5.74) is 1.58. The number of nitrogens with one attached hydrogen (secondary N) is 1. The number of phenols is 1. The standard InChI is InChI=1S/C9H11NO2/c1-7-2-3-8(6-9(7)12)10-4-5-11/h2-3,5-6,10,12H,4H2,1H3. The number of rotatable bonds is 3. The zero-order valence-electron chi connectivity index (χ0n) is 6.87. The third kappa shape index (κ3) is 1.99. The van der Waals surface area contributed by atoms with Crippen molar-refractivity contribution < 1.29 is 9.90 Å². The van der Waals surface area contributed by atoms with Crippen LogP contribution in [-0.2, 0) is 4.79 Å². The van der Waals surface area contributed by atoms with E-state index in [0.29, 0.717) is 0 Å². The molecule has 0 saturated heterocycles. The normalized spacial score (nSPS) is 9.42. The van der Waals surface area contributed by atoms with Gasteiger partial charge in [-0.15, -0.1) is 0 Å². The minimum Gasteiger partial charge on any atom is -0.508 e. The Morgan fingerprint density at radius 2 is 2.33 bits per heavy atom. The van der Waals surface area contributed by atoms with Crippen molar-refractivity contribution in [1.82, 2.24) is 0 Å². The maximum absolute atomic E-state index is 10.0. The van der Waals surface area contributed by atoms with Crippen LogP contribution < -0.4 is 5.32 Å². The molecule has 3 nitrogen and oxygen atoms in total. The summed E-state index contributed by atoms with van der Waals surface area (Å²) >= 11 is 0. The highest BCUT2D eigenvalue weighted by atomic mass is 16.3. The summed E-state index contributed by atoms with van der Waals surface area (Å²) in [5, 5.41) is 12.1. The number of aldehydes is 1. The Balaban J connectivity index is 2.75. The zero-order chi connectivity index (χ0) is 8.97. The van der Waals surface area contributed by atoms with Gasteiger partial charge in [0.25, 0.3) is 0 Å². The predicted octanol–water partition coefficient (Wildman–Crippen LogP) is 1.31.